The second kappa shape index (κ2) is 6.64. The zero-order valence-electron chi connectivity index (χ0n) is 11.2. The standard InChI is InChI=1S/C11H19NO9/c1-4(14)12-7-5(15)2-11(20,10(18)19)21-9(7)8(17)6(16)3-13/h5-9,13,15-17,20H,2-3H2,1H3,(H,12,14)(H,18,19)/t5-,6-,7-,8-,9+,11+/m1/s1. The maximum atomic E-state index is 11.1. The van der Waals surface area contributed by atoms with E-state index in [0.717, 1.165) is 6.92 Å². The van der Waals surface area contributed by atoms with Gasteiger partial charge in [-0.25, -0.2) is 4.79 Å². The fourth-order valence-corrected chi connectivity index (χ4v) is 2.14. The number of aliphatic carboxylic acids is 1. The number of carbonyl (C=O) groups is 2. The molecule has 10 heteroatoms. The van der Waals surface area contributed by atoms with Gasteiger partial charge in [-0.1, -0.05) is 0 Å². The molecule has 0 aromatic carbocycles. The number of ether oxygens (including phenoxy) is 1. The lowest BCUT2D eigenvalue weighted by atomic mass is 9.88. The molecule has 6 atom stereocenters. The van der Waals surface area contributed by atoms with E-state index in [1.807, 2.05) is 0 Å². The van der Waals surface area contributed by atoms with Crippen molar-refractivity contribution in [3.8, 4) is 0 Å². The van der Waals surface area contributed by atoms with Crippen molar-refractivity contribution in [3.63, 3.8) is 0 Å². The van der Waals surface area contributed by atoms with E-state index in [0.29, 0.717) is 0 Å². The van der Waals surface area contributed by atoms with E-state index >= 15 is 0 Å². The minimum atomic E-state index is -2.78. The molecule has 0 radical (unpaired) electrons. The summed E-state index contributed by atoms with van der Waals surface area (Å²) in [5.74, 6) is -5.17. The van der Waals surface area contributed by atoms with Gasteiger partial charge < -0.3 is 40.7 Å². The van der Waals surface area contributed by atoms with Crippen molar-refractivity contribution in [1.29, 1.82) is 0 Å². The average molecular weight is 309 g/mol. The maximum absolute atomic E-state index is 11.1. The Kier molecular flexibility index (Phi) is 5.61. The second-order valence-corrected chi connectivity index (χ2v) is 4.91. The van der Waals surface area contributed by atoms with Gasteiger partial charge in [0.05, 0.1) is 18.8 Å². The van der Waals surface area contributed by atoms with Crippen molar-refractivity contribution < 1.29 is 45.0 Å². The number of aliphatic hydroxyl groups excluding tert-OH is 4. The van der Waals surface area contributed by atoms with Crippen LogP contribution in [0.15, 0.2) is 0 Å². The molecule has 122 valence electrons. The smallest absolute Gasteiger partial charge is 0.364 e. The highest BCUT2D eigenvalue weighted by Gasteiger charge is 2.53. The van der Waals surface area contributed by atoms with Gasteiger partial charge in [-0.05, 0) is 0 Å². The van der Waals surface area contributed by atoms with E-state index in [1.165, 1.54) is 0 Å². The molecule has 0 bridgehead atoms. The summed E-state index contributed by atoms with van der Waals surface area (Å²) in [6.45, 7) is 0.256. The van der Waals surface area contributed by atoms with Crippen LogP contribution in [0.1, 0.15) is 13.3 Å². The lowest BCUT2D eigenvalue weighted by molar-refractivity contribution is -0.295. The van der Waals surface area contributed by atoms with Crippen molar-refractivity contribution in [2.75, 3.05) is 6.61 Å². The molecule has 0 aromatic heterocycles. The van der Waals surface area contributed by atoms with Crippen molar-refractivity contribution in [1.82, 2.24) is 5.32 Å². The number of hydrogen-bond donors (Lipinski definition) is 7. The molecular weight excluding hydrogens is 290 g/mol. The monoisotopic (exact) mass is 309 g/mol. The van der Waals surface area contributed by atoms with E-state index in [1.54, 1.807) is 0 Å². The topological polar surface area (TPSA) is 177 Å². The van der Waals surface area contributed by atoms with E-state index in [9.17, 15) is 30.0 Å². The Morgan fingerprint density at radius 1 is 1.43 bits per heavy atom. The highest BCUT2D eigenvalue weighted by atomic mass is 16.7. The molecule has 0 spiro atoms. The number of carboxylic acid groups (broad SMARTS) is 1. The van der Waals surface area contributed by atoms with Crippen LogP contribution in [0.4, 0.5) is 0 Å². The highest BCUT2D eigenvalue weighted by Crippen LogP contribution is 2.30. The Bertz CT molecular complexity index is 403. The number of rotatable bonds is 5. The third kappa shape index (κ3) is 3.87. The van der Waals surface area contributed by atoms with Crippen molar-refractivity contribution in [2.24, 2.45) is 0 Å². The molecule has 1 aliphatic heterocycles. The van der Waals surface area contributed by atoms with Gasteiger partial charge in [0, 0.05) is 13.3 Å². The number of carbonyl (C=O) groups excluding carboxylic acids is 1. The Morgan fingerprint density at radius 2 is 2.00 bits per heavy atom. The number of carboxylic acids is 1. The zero-order valence-corrected chi connectivity index (χ0v) is 11.2. The van der Waals surface area contributed by atoms with Crippen LogP contribution in [0.3, 0.4) is 0 Å². The molecule has 1 heterocycles. The van der Waals surface area contributed by atoms with Gasteiger partial charge in [-0.15, -0.1) is 0 Å². The molecule has 0 unspecified atom stereocenters. The first-order valence-corrected chi connectivity index (χ1v) is 6.18. The number of nitrogens with one attached hydrogen (secondary N) is 1. The van der Waals surface area contributed by atoms with Crippen LogP contribution in [0.5, 0.6) is 0 Å². The summed E-state index contributed by atoms with van der Waals surface area (Å²) in [6.07, 6.45) is -7.48. The minimum Gasteiger partial charge on any atom is -0.477 e. The normalized spacial score (nSPS) is 35.8. The lowest BCUT2D eigenvalue weighted by Crippen LogP contribution is -2.67. The molecule has 0 saturated carbocycles. The predicted octanol–water partition coefficient (Wildman–Crippen LogP) is -3.87. The van der Waals surface area contributed by atoms with Crippen molar-refractivity contribution >= 4 is 11.9 Å². The number of amides is 1. The fourth-order valence-electron chi connectivity index (χ4n) is 2.14. The van der Waals surface area contributed by atoms with Crippen LogP contribution in [-0.2, 0) is 14.3 Å². The fraction of sp³-hybridized carbons (Fsp3) is 0.818. The molecule has 0 aliphatic carbocycles. The van der Waals surface area contributed by atoms with Crippen molar-refractivity contribution in [2.45, 2.75) is 49.6 Å². The predicted molar refractivity (Wildman–Crippen MR) is 64.8 cm³/mol. The number of aliphatic hydroxyl groups is 5. The molecule has 1 saturated heterocycles. The molecule has 1 rings (SSSR count). The van der Waals surface area contributed by atoms with Gasteiger partial charge in [0.25, 0.3) is 5.79 Å². The summed E-state index contributed by atoms with van der Waals surface area (Å²) < 4.78 is 4.86. The molecular formula is C11H19NO9. The Labute approximate surface area is 119 Å². The first-order valence-electron chi connectivity index (χ1n) is 6.18. The second-order valence-electron chi connectivity index (χ2n) is 4.91. The molecule has 1 fully saturated rings. The highest BCUT2D eigenvalue weighted by molar-refractivity contribution is 5.76. The summed E-state index contributed by atoms with van der Waals surface area (Å²) in [5, 5.41) is 59.0. The number of hydrogen-bond acceptors (Lipinski definition) is 8. The summed E-state index contributed by atoms with van der Waals surface area (Å²) >= 11 is 0. The van der Waals surface area contributed by atoms with Crippen LogP contribution in [0.25, 0.3) is 0 Å². The Hall–Kier alpha value is -1.30. The zero-order chi connectivity index (χ0) is 16.4. The van der Waals surface area contributed by atoms with Crippen LogP contribution in [0, 0.1) is 0 Å². The molecule has 1 aliphatic rings. The molecule has 7 N–H and O–H groups in total. The average Bonchev–Trinajstić information content (AvgIpc) is 2.39. The Balaban J connectivity index is 3.07. The lowest BCUT2D eigenvalue weighted by Gasteiger charge is -2.44. The Morgan fingerprint density at radius 3 is 2.43 bits per heavy atom. The molecule has 21 heavy (non-hydrogen) atoms. The molecule has 10 nitrogen and oxygen atoms in total. The first kappa shape index (κ1) is 17.8. The SMILES string of the molecule is CC(=O)N[C@H]1[C@@H]([C@H](O)[C@H](O)CO)O[C@](O)(C(=O)O)C[C@H]1O. The van der Waals surface area contributed by atoms with Gasteiger partial charge in [-0.2, -0.15) is 0 Å². The third-order valence-electron chi connectivity index (χ3n) is 3.21. The quantitative estimate of drug-likeness (QED) is 0.268. The van der Waals surface area contributed by atoms with Crippen LogP contribution in [-0.4, -0.2) is 85.4 Å². The van der Waals surface area contributed by atoms with Gasteiger partial charge in [0.15, 0.2) is 0 Å². The van der Waals surface area contributed by atoms with Gasteiger partial charge in [-0.3, -0.25) is 4.79 Å². The van der Waals surface area contributed by atoms with Gasteiger partial charge >= 0.3 is 5.97 Å². The van der Waals surface area contributed by atoms with Gasteiger partial charge in [0.2, 0.25) is 5.91 Å². The molecule has 0 aromatic rings. The largest absolute Gasteiger partial charge is 0.477 e. The van der Waals surface area contributed by atoms with E-state index in [2.05, 4.69) is 5.32 Å². The van der Waals surface area contributed by atoms with Crippen LogP contribution in [0.2, 0.25) is 0 Å². The summed E-state index contributed by atoms with van der Waals surface area (Å²) in [4.78, 5) is 22.1. The van der Waals surface area contributed by atoms with Crippen molar-refractivity contribution in [3.05, 3.63) is 0 Å². The summed E-state index contributed by atoms with van der Waals surface area (Å²) in [6, 6.07) is -1.27. The minimum absolute atomic E-state index is 0.598. The van der Waals surface area contributed by atoms with E-state index in [4.69, 9.17) is 14.9 Å². The van der Waals surface area contributed by atoms with Gasteiger partial charge in [0.1, 0.15) is 18.3 Å². The van der Waals surface area contributed by atoms with E-state index < -0.39 is 61.1 Å². The maximum Gasteiger partial charge on any atom is 0.364 e. The summed E-state index contributed by atoms with van der Waals surface area (Å²) in [5.41, 5.74) is 0. The third-order valence-corrected chi connectivity index (χ3v) is 3.21. The molecule has 1 amide bonds. The van der Waals surface area contributed by atoms with Crippen LogP contribution >= 0.6 is 0 Å². The summed E-state index contributed by atoms with van der Waals surface area (Å²) in [7, 11) is 0. The van der Waals surface area contributed by atoms with Crippen LogP contribution < -0.4 is 5.32 Å². The first-order chi connectivity index (χ1) is 9.62. The van der Waals surface area contributed by atoms with E-state index in [-0.39, 0.29) is 0 Å².